The molecule has 2 heterocycles. The fourth-order valence-electron chi connectivity index (χ4n) is 12.1. The Labute approximate surface area is 439 Å². The number of fused-ring (bicyclic) bond motifs is 19. The lowest BCUT2D eigenvalue weighted by atomic mass is 9.93. The van der Waals surface area contributed by atoms with Gasteiger partial charge in [-0.3, -0.25) is 0 Å². The highest BCUT2D eigenvalue weighted by atomic mass is 32.1. The fraction of sp³-hybridized carbons (Fsp3) is 0. The van der Waals surface area contributed by atoms with Crippen LogP contribution in [0.3, 0.4) is 0 Å². The molecule has 0 radical (unpaired) electrons. The molecule has 0 saturated carbocycles. The molecule has 0 bridgehead atoms. The highest BCUT2D eigenvalue weighted by molar-refractivity contribution is 7.26. The summed E-state index contributed by atoms with van der Waals surface area (Å²) in [4.78, 5) is 5.00. The normalized spacial score (nSPS) is 12.0. The number of para-hydroxylation sites is 3. The van der Waals surface area contributed by atoms with Crippen LogP contribution in [0.1, 0.15) is 0 Å². The maximum absolute atomic E-state index is 2.51. The smallest absolute Gasteiger partial charge is 0.0781 e. The van der Waals surface area contributed by atoms with E-state index in [0.717, 1.165) is 45.3 Å². The second-order valence-electron chi connectivity index (χ2n) is 19.5. The van der Waals surface area contributed by atoms with Crippen LogP contribution in [0.15, 0.2) is 279 Å². The van der Waals surface area contributed by atoms with Crippen LogP contribution in [-0.4, -0.2) is 0 Å². The second-order valence-corrected chi connectivity index (χ2v) is 20.5. The predicted octanol–water partition coefficient (Wildman–Crippen LogP) is 21.2. The van der Waals surface area contributed by atoms with E-state index in [1.54, 1.807) is 0 Å². The van der Waals surface area contributed by atoms with Gasteiger partial charge in [0.2, 0.25) is 0 Å². The third kappa shape index (κ3) is 6.93. The summed E-state index contributed by atoms with van der Waals surface area (Å²) in [5.41, 5.74) is 13.6. The van der Waals surface area contributed by atoms with Crippen LogP contribution in [0.5, 0.6) is 0 Å². The van der Waals surface area contributed by atoms with Crippen molar-refractivity contribution in [3.05, 3.63) is 279 Å². The van der Waals surface area contributed by atoms with Gasteiger partial charge >= 0.3 is 0 Å². The molecule has 350 valence electrons. The van der Waals surface area contributed by atoms with E-state index in [2.05, 4.69) is 289 Å². The minimum atomic E-state index is 1.05. The molecular weight excluding hydrogens is 925 g/mol. The van der Waals surface area contributed by atoms with Gasteiger partial charge in [-0.1, -0.05) is 224 Å². The van der Waals surface area contributed by atoms with Gasteiger partial charge in [0.25, 0.3) is 0 Å². The molecular formula is C72H46N2S. The molecule has 13 aromatic carbocycles. The van der Waals surface area contributed by atoms with Gasteiger partial charge < -0.3 is 9.80 Å². The van der Waals surface area contributed by atoms with E-state index in [1.807, 2.05) is 11.3 Å². The molecule has 15 rings (SSSR count). The summed E-state index contributed by atoms with van der Waals surface area (Å²) >= 11 is 1.90. The molecule has 2 nitrogen and oxygen atoms in total. The summed E-state index contributed by atoms with van der Waals surface area (Å²) < 4.78 is 2.59. The first-order valence-corrected chi connectivity index (χ1v) is 26.6. The zero-order valence-electron chi connectivity index (χ0n) is 40.9. The van der Waals surface area contributed by atoms with Crippen LogP contribution in [0.2, 0.25) is 0 Å². The Balaban J connectivity index is 1.12. The highest BCUT2D eigenvalue weighted by Gasteiger charge is 2.31. The molecule has 3 heteroatoms. The molecule has 0 fully saturated rings. The Morgan fingerprint density at radius 3 is 1.51 bits per heavy atom. The summed E-state index contributed by atoms with van der Waals surface area (Å²) in [6.07, 6.45) is 0. The number of rotatable bonds is 5. The molecule has 0 saturated heterocycles. The summed E-state index contributed by atoms with van der Waals surface area (Å²) in [6.45, 7) is 0. The molecule has 1 aliphatic rings. The molecule has 1 aromatic heterocycles. The second kappa shape index (κ2) is 17.6. The molecule has 0 amide bonds. The van der Waals surface area contributed by atoms with Crippen molar-refractivity contribution < 1.29 is 0 Å². The van der Waals surface area contributed by atoms with Gasteiger partial charge in [0.1, 0.15) is 0 Å². The summed E-state index contributed by atoms with van der Waals surface area (Å²) in [5.74, 6) is 0. The molecule has 0 unspecified atom stereocenters. The maximum atomic E-state index is 2.51. The number of hydrogen-bond donors (Lipinski definition) is 0. The molecule has 0 spiro atoms. The van der Waals surface area contributed by atoms with Crippen molar-refractivity contribution in [3.63, 3.8) is 0 Å². The minimum Gasteiger partial charge on any atom is -0.308 e. The standard InChI is InChI=1S/C72H46N2S/c1-3-21-47(22-4-1)48-23-19-26-50(45-48)73(68-39-20-37-64-57-32-11-10-30-55(57)60-34-15-17-38-67(60)74(71(64)68)49-24-5-2-6-25-49)51-41-42-59-63-43-44-65-61-35-16-18-40-69(61)75-72(65)70(63)62-36-14-13-31-56(62)53-28-8-7-27-52(53)54-29-9-12-33-58(54)66(59)46-51/h1-46H. The largest absolute Gasteiger partial charge is 0.308 e. The van der Waals surface area contributed by atoms with E-state index >= 15 is 0 Å². The SMILES string of the molecule is c1ccc(-c2cccc(N(c3ccc4c(c3)c3ccccc3c3ccccc3c3ccccc3c3c4ccc4c5ccccc5sc43)c3cccc4c3N(c3ccccc3)c3ccccc3-c3ccccc3-4)c2)cc1. The van der Waals surface area contributed by atoms with E-state index in [4.69, 9.17) is 0 Å². The van der Waals surface area contributed by atoms with Gasteiger partial charge in [-0.05, 0) is 125 Å². The summed E-state index contributed by atoms with van der Waals surface area (Å²) in [5, 5.41) is 14.7. The molecule has 1 aliphatic heterocycles. The number of anilines is 6. The van der Waals surface area contributed by atoms with Crippen molar-refractivity contribution in [1.29, 1.82) is 0 Å². The van der Waals surface area contributed by atoms with Crippen molar-refractivity contribution in [2.45, 2.75) is 0 Å². The maximum Gasteiger partial charge on any atom is 0.0781 e. The first-order valence-electron chi connectivity index (χ1n) is 25.7. The number of nitrogens with zero attached hydrogens (tertiary/aromatic N) is 2. The van der Waals surface area contributed by atoms with Gasteiger partial charge in [-0.2, -0.15) is 0 Å². The average Bonchev–Trinajstić information content (AvgIpc) is 3.85. The third-order valence-electron chi connectivity index (χ3n) is 15.4. The predicted molar refractivity (Wildman–Crippen MR) is 324 cm³/mol. The van der Waals surface area contributed by atoms with Gasteiger partial charge in [-0.25, -0.2) is 0 Å². The quantitative estimate of drug-likeness (QED) is 0.170. The van der Waals surface area contributed by atoms with Crippen LogP contribution in [0, 0.1) is 0 Å². The topological polar surface area (TPSA) is 6.48 Å². The van der Waals surface area contributed by atoms with Gasteiger partial charge in [-0.15, -0.1) is 11.3 Å². The van der Waals surface area contributed by atoms with Crippen molar-refractivity contribution in [2.75, 3.05) is 9.80 Å². The van der Waals surface area contributed by atoms with E-state index in [1.165, 1.54) is 96.3 Å². The summed E-state index contributed by atoms with van der Waals surface area (Å²) in [7, 11) is 0. The van der Waals surface area contributed by atoms with Crippen molar-refractivity contribution in [3.8, 4) is 33.4 Å². The molecule has 0 aliphatic carbocycles. The van der Waals surface area contributed by atoms with Crippen LogP contribution < -0.4 is 9.80 Å². The minimum absolute atomic E-state index is 1.05. The van der Waals surface area contributed by atoms with Crippen molar-refractivity contribution in [2.24, 2.45) is 0 Å². The Kier molecular flexibility index (Phi) is 10.1. The fourth-order valence-corrected chi connectivity index (χ4v) is 13.4. The molecule has 14 aromatic rings. The Morgan fingerprint density at radius 1 is 0.293 bits per heavy atom. The monoisotopic (exact) mass is 970 g/mol. The van der Waals surface area contributed by atoms with E-state index in [-0.39, 0.29) is 0 Å². The Bertz CT molecular complexity index is 4670. The van der Waals surface area contributed by atoms with Gasteiger partial charge in [0.05, 0.1) is 17.1 Å². The number of hydrogen-bond acceptors (Lipinski definition) is 3. The summed E-state index contributed by atoms with van der Waals surface area (Å²) in [6, 6.07) is 103. The lowest BCUT2D eigenvalue weighted by Gasteiger charge is -2.34. The molecule has 0 atom stereocenters. The highest BCUT2D eigenvalue weighted by Crippen LogP contribution is 2.56. The van der Waals surface area contributed by atoms with Crippen LogP contribution in [0.25, 0.3) is 107 Å². The average molecular weight is 971 g/mol. The van der Waals surface area contributed by atoms with Crippen LogP contribution >= 0.6 is 11.3 Å². The Morgan fingerprint density at radius 2 is 0.773 bits per heavy atom. The van der Waals surface area contributed by atoms with Crippen molar-refractivity contribution >= 4 is 119 Å². The lowest BCUT2D eigenvalue weighted by molar-refractivity contribution is 1.23. The van der Waals surface area contributed by atoms with E-state index < -0.39 is 0 Å². The number of thiophene rings is 1. The molecule has 0 N–H and O–H groups in total. The first kappa shape index (κ1) is 43.1. The van der Waals surface area contributed by atoms with Crippen LogP contribution in [0.4, 0.5) is 34.1 Å². The zero-order valence-corrected chi connectivity index (χ0v) is 41.7. The van der Waals surface area contributed by atoms with E-state index in [0.29, 0.717) is 0 Å². The van der Waals surface area contributed by atoms with Crippen LogP contribution in [-0.2, 0) is 0 Å². The van der Waals surface area contributed by atoms with Gasteiger partial charge in [0.15, 0.2) is 0 Å². The van der Waals surface area contributed by atoms with Crippen molar-refractivity contribution in [1.82, 2.24) is 0 Å². The van der Waals surface area contributed by atoms with E-state index in [9.17, 15) is 0 Å². The molecule has 75 heavy (non-hydrogen) atoms. The number of benzene rings is 12. The van der Waals surface area contributed by atoms with Gasteiger partial charge in [0, 0.05) is 53.7 Å². The third-order valence-corrected chi connectivity index (χ3v) is 16.6. The first-order chi connectivity index (χ1) is 37.2. The lowest BCUT2D eigenvalue weighted by Crippen LogP contribution is -2.17. The Hall–Kier alpha value is -9.54. The zero-order chi connectivity index (χ0) is 49.4.